The molecule has 3 aliphatic carbocycles. The van der Waals surface area contributed by atoms with Crippen molar-refractivity contribution in [1.82, 2.24) is 15.3 Å². The van der Waals surface area contributed by atoms with Gasteiger partial charge in [-0.2, -0.15) is 0 Å². The van der Waals surface area contributed by atoms with Crippen LogP contribution in [0.25, 0.3) is 0 Å². The first-order valence-electron chi connectivity index (χ1n) is 7.67. The highest BCUT2D eigenvalue weighted by molar-refractivity contribution is 6.31. The molecule has 1 aromatic rings. The van der Waals surface area contributed by atoms with Crippen molar-refractivity contribution in [3.05, 3.63) is 10.8 Å². The largest absolute Gasteiger partial charge is 0.382 e. The summed E-state index contributed by atoms with van der Waals surface area (Å²) in [6.45, 7) is 0. The second-order valence-electron chi connectivity index (χ2n) is 6.19. The lowest BCUT2D eigenvalue weighted by Crippen LogP contribution is -2.41. The minimum atomic E-state index is -0.598. The highest BCUT2D eigenvalue weighted by atomic mass is 35.5. The molecule has 3 aliphatic rings. The molecule has 7 N–H and O–H groups in total. The molecule has 3 saturated carbocycles. The van der Waals surface area contributed by atoms with Gasteiger partial charge < -0.3 is 17.2 Å². The van der Waals surface area contributed by atoms with Gasteiger partial charge in [0, 0.05) is 0 Å². The maximum atomic E-state index is 12.2. The first-order valence-corrected chi connectivity index (χ1v) is 8.05. The zero-order valence-electron chi connectivity index (χ0n) is 12.6. The first kappa shape index (κ1) is 15.8. The van der Waals surface area contributed by atoms with Crippen LogP contribution in [0.1, 0.15) is 42.6 Å². The van der Waals surface area contributed by atoms with E-state index in [1.54, 1.807) is 0 Å². The Kier molecular flexibility index (Phi) is 4.25. The SMILES string of the molecule is NC(=NC1CC2CCC1CC2)NC(=O)c1nc(Cl)c(N)nc1N. The van der Waals surface area contributed by atoms with Crippen LogP contribution in [-0.2, 0) is 0 Å². The van der Waals surface area contributed by atoms with E-state index in [2.05, 4.69) is 20.3 Å². The summed E-state index contributed by atoms with van der Waals surface area (Å²) >= 11 is 5.77. The number of carbonyl (C=O) groups is 1. The van der Waals surface area contributed by atoms with E-state index >= 15 is 0 Å². The highest BCUT2D eigenvalue weighted by Gasteiger charge is 2.35. The minimum Gasteiger partial charge on any atom is -0.382 e. The van der Waals surface area contributed by atoms with Crippen molar-refractivity contribution >= 4 is 35.1 Å². The van der Waals surface area contributed by atoms with Crippen molar-refractivity contribution in [3.63, 3.8) is 0 Å². The van der Waals surface area contributed by atoms with Crippen LogP contribution in [-0.4, -0.2) is 27.9 Å². The number of guanidine groups is 1. The molecule has 2 bridgehead atoms. The Hall–Kier alpha value is -2.09. The van der Waals surface area contributed by atoms with E-state index in [-0.39, 0.29) is 34.5 Å². The summed E-state index contributed by atoms with van der Waals surface area (Å²) < 4.78 is 0. The summed E-state index contributed by atoms with van der Waals surface area (Å²) in [5, 5.41) is 2.42. The third-order valence-corrected chi connectivity index (χ3v) is 4.95. The molecule has 23 heavy (non-hydrogen) atoms. The van der Waals surface area contributed by atoms with Gasteiger partial charge in [0.15, 0.2) is 28.4 Å². The summed E-state index contributed by atoms with van der Waals surface area (Å²) in [7, 11) is 0. The smallest absolute Gasteiger partial charge is 0.280 e. The lowest BCUT2D eigenvalue weighted by atomic mass is 9.68. The van der Waals surface area contributed by atoms with Gasteiger partial charge >= 0.3 is 0 Å². The lowest BCUT2D eigenvalue weighted by molar-refractivity contribution is 0.0971. The summed E-state index contributed by atoms with van der Waals surface area (Å²) in [6, 6.07) is 0.182. The number of aliphatic imine (C=N–C) groups is 1. The molecule has 0 aromatic carbocycles. The number of nitrogens with two attached hydrogens (primary N) is 3. The minimum absolute atomic E-state index is 0.0272. The number of hydrogen-bond acceptors (Lipinski definition) is 6. The molecule has 0 spiro atoms. The average molecular weight is 338 g/mol. The zero-order chi connectivity index (χ0) is 16.6. The van der Waals surface area contributed by atoms with Crippen LogP contribution in [0.2, 0.25) is 5.15 Å². The second kappa shape index (κ2) is 6.19. The fraction of sp³-hybridized carbons (Fsp3) is 0.571. The van der Waals surface area contributed by atoms with Crippen molar-refractivity contribution in [2.75, 3.05) is 11.5 Å². The van der Waals surface area contributed by atoms with Crippen molar-refractivity contribution in [3.8, 4) is 0 Å². The number of halogens is 1. The van der Waals surface area contributed by atoms with E-state index in [0.717, 1.165) is 12.3 Å². The Bertz CT molecular complexity index is 655. The standard InChI is InChI=1S/C14H20ClN7O/c15-10-12(17)21-11(16)9(20-10)13(23)22-14(18)19-8-5-6-1-3-7(8)4-2-6/h6-8H,1-5H2,(H4,16,17,21)(H3,18,19,22,23). The van der Waals surface area contributed by atoms with Gasteiger partial charge in [-0.05, 0) is 31.1 Å². The van der Waals surface area contributed by atoms with Crippen LogP contribution in [0.5, 0.6) is 0 Å². The maximum absolute atomic E-state index is 12.2. The quantitative estimate of drug-likeness (QED) is 0.466. The van der Waals surface area contributed by atoms with E-state index in [9.17, 15) is 4.79 Å². The molecular formula is C14H20ClN7O. The van der Waals surface area contributed by atoms with E-state index < -0.39 is 5.91 Å². The van der Waals surface area contributed by atoms with Crippen molar-refractivity contribution in [1.29, 1.82) is 0 Å². The number of nitrogen functional groups attached to an aromatic ring is 2. The fourth-order valence-electron chi connectivity index (χ4n) is 3.50. The topological polar surface area (TPSA) is 145 Å². The molecule has 124 valence electrons. The molecule has 3 fully saturated rings. The number of anilines is 2. The molecule has 0 saturated heterocycles. The maximum Gasteiger partial charge on any atom is 0.280 e. The van der Waals surface area contributed by atoms with Crippen LogP contribution in [0.15, 0.2) is 4.99 Å². The summed E-state index contributed by atoms with van der Waals surface area (Å²) in [5.41, 5.74) is 16.9. The Balaban J connectivity index is 1.70. The van der Waals surface area contributed by atoms with Gasteiger partial charge in [-0.25, -0.2) is 15.0 Å². The molecule has 9 heteroatoms. The number of nitrogens with zero attached hydrogens (tertiary/aromatic N) is 3. The monoisotopic (exact) mass is 337 g/mol. The van der Waals surface area contributed by atoms with E-state index in [4.69, 9.17) is 28.8 Å². The van der Waals surface area contributed by atoms with Crippen molar-refractivity contribution < 1.29 is 4.79 Å². The van der Waals surface area contributed by atoms with Gasteiger partial charge in [-0.1, -0.05) is 24.4 Å². The van der Waals surface area contributed by atoms with Gasteiger partial charge in [-0.15, -0.1) is 0 Å². The number of carbonyl (C=O) groups excluding carboxylic acids is 1. The normalized spacial score (nSPS) is 27.0. The first-order chi connectivity index (χ1) is 10.9. The van der Waals surface area contributed by atoms with Crippen LogP contribution in [0.4, 0.5) is 11.6 Å². The molecule has 0 aliphatic heterocycles. The van der Waals surface area contributed by atoms with Gasteiger partial charge in [0.1, 0.15) is 0 Å². The Morgan fingerprint density at radius 2 is 1.87 bits per heavy atom. The molecular weight excluding hydrogens is 318 g/mol. The van der Waals surface area contributed by atoms with E-state index in [1.807, 2.05) is 0 Å². The summed E-state index contributed by atoms with van der Waals surface area (Å²) in [6.07, 6.45) is 5.97. The number of hydrogen-bond donors (Lipinski definition) is 4. The average Bonchev–Trinajstić information content (AvgIpc) is 2.51. The molecule has 1 unspecified atom stereocenters. The molecule has 1 heterocycles. The van der Waals surface area contributed by atoms with Gasteiger partial charge in [-0.3, -0.25) is 10.1 Å². The highest BCUT2D eigenvalue weighted by Crippen LogP contribution is 2.42. The predicted molar refractivity (Wildman–Crippen MR) is 88.8 cm³/mol. The fourth-order valence-corrected chi connectivity index (χ4v) is 3.62. The predicted octanol–water partition coefficient (Wildman–Crippen LogP) is 0.918. The van der Waals surface area contributed by atoms with Crippen molar-refractivity contribution in [2.45, 2.75) is 38.1 Å². The summed E-state index contributed by atoms with van der Waals surface area (Å²) in [5.74, 6) is 0.635. The number of amides is 1. The third-order valence-electron chi connectivity index (χ3n) is 4.68. The molecule has 0 radical (unpaired) electrons. The van der Waals surface area contributed by atoms with Gasteiger partial charge in [0.2, 0.25) is 0 Å². The lowest BCUT2D eigenvalue weighted by Gasteiger charge is -2.40. The van der Waals surface area contributed by atoms with E-state index in [0.29, 0.717) is 5.92 Å². The van der Waals surface area contributed by atoms with E-state index in [1.165, 1.54) is 25.7 Å². The Morgan fingerprint density at radius 1 is 1.17 bits per heavy atom. The van der Waals surface area contributed by atoms with Crippen molar-refractivity contribution in [2.24, 2.45) is 22.6 Å². The Morgan fingerprint density at radius 3 is 2.48 bits per heavy atom. The zero-order valence-corrected chi connectivity index (χ0v) is 13.4. The summed E-state index contributed by atoms with van der Waals surface area (Å²) in [4.78, 5) is 24.3. The van der Waals surface area contributed by atoms with Gasteiger partial charge in [0.05, 0.1) is 6.04 Å². The molecule has 1 amide bonds. The number of rotatable bonds is 2. The molecule has 1 aromatic heterocycles. The Labute approximate surface area is 138 Å². The third kappa shape index (κ3) is 3.31. The number of nitrogens with one attached hydrogen (secondary N) is 1. The number of aromatic nitrogens is 2. The van der Waals surface area contributed by atoms with Crippen LogP contribution in [0, 0.1) is 11.8 Å². The molecule has 4 rings (SSSR count). The molecule has 8 nitrogen and oxygen atoms in total. The van der Waals surface area contributed by atoms with Crippen LogP contribution in [0.3, 0.4) is 0 Å². The van der Waals surface area contributed by atoms with Crippen LogP contribution < -0.4 is 22.5 Å². The number of fused-ring (bicyclic) bond motifs is 3. The second-order valence-corrected chi connectivity index (χ2v) is 6.54. The van der Waals surface area contributed by atoms with Crippen LogP contribution >= 0.6 is 11.6 Å². The molecule has 1 atom stereocenters. The van der Waals surface area contributed by atoms with Gasteiger partial charge in [0.25, 0.3) is 5.91 Å².